The third kappa shape index (κ3) is 4.35. The van der Waals surface area contributed by atoms with Crippen molar-refractivity contribution in [2.45, 2.75) is 26.0 Å². The first-order valence-electron chi connectivity index (χ1n) is 8.09. The molecule has 1 heterocycles. The molecule has 0 amide bonds. The fourth-order valence-corrected chi connectivity index (χ4v) is 4.14. The number of aliphatic imine (C=N–C) groups is 1. The van der Waals surface area contributed by atoms with Crippen LogP contribution in [-0.4, -0.2) is 27.0 Å². The summed E-state index contributed by atoms with van der Waals surface area (Å²) in [5.74, 6) is 0. The smallest absolute Gasteiger partial charge is 0.179 e. The van der Waals surface area contributed by atoms with E-state index in [9.17, 15) is 0 Å². The van der Waals surface area contributed by atoms with E-state index in [1.54, 1.807) is 11.8 Å². The first-order valence-corrected chi connectivity index (χ1v) is 9.76. The topological polar surface area (TPSA) is 27.6 Å². The summed E-state index contributed by atoms with van der Waals surface area (Å²) >= 11 is 13.4. The molecule has 130 valence electrons. The monoisotopic (exact) mass is 389 g/mol. The van der Waals surface area contributed by atoms with Gasteiger partial charge in [0.1, 0.15) is 0 Å². The minimum absolute atomic E-state index is 0.433. The number of rotatable bonds is 2. The van der Waals surface area contributed by atoms with E-state index < -0.39 is 0 Å². The van der Waals surface area contributed by atoms with Crippen LogP contribution in [0.4, 0.5) is 11.4 Å². The summed E-state index contributed by atoms with van der Waals surface area (Å²) in [6.45, 7) is 7.23. The molecule has 0 spiro atoms. The van der Waals surface area contributed by atoms with E-state index in [0.717, 1.165) is 23.1 Å². The Labute approximate surface area is 163 Å². The molecule has 1 atom stereocenters. The summed E-state index contributed by atoms with van der Waals surface area (Å²) in [4.78, 5) is 6.95. The van der Waals surface area contributed by atoms with Crippen molar-refractivity contribution in [2.24, 2.45) is 4.99 Å². The van der Waals surface area contributed by atoms with Gasteiger partial charge in [-0.1, -0.05) is 48.5 Å². The van der Waals surface area contributed by atoms with Crippen molar-refractivity contribution >= 4 is 57.2 Å². The maximum Gasteiger partial charge on any atom is 0.179 e. The van der Waals surface area contributed by atoms with Gasteiger partial charge in [0.05, 0.1) is 5.69 Å². The van der Waals surface area contributed by atoms with Gasteiger partial charge in [-0.15, -0.1) is 0 Å². The molecule has 1 aliphatic rings. The summed E-state index contributed by atoms with van der Waals surface area (Å²) in [6.07, 6.45) is 0. The molecule has 0 aliphatic carbocycles. The average Bonchev–Trinajstić information content (AvgIpc) is 2.92. The van der Waals surface area contributed by atoms with Gasteiger partial charge in [0.25, 0.3) is 0 Å². The summed E-state index contributed by atoms with van der Waals surface area (Å²) < 4.78 is 0. The fourth-order valence-electron chi connectivity index (χ4n) is 2.59. The van der Waals surface area contributed by atoms with Crippen LogP contribution in [0.2, 0.25) is 5.02 Å². The molecule has 1 unspecified atom stereocenters. The first kappa shape index (κ1) is 18.2. The summed E-state index contributed by atoms with van der Waals surface area (Å²) in [5.41, 5.74) is 4.31. The third-order valence-electron chi connectivity index (χ3n) is 4.09. The Bertz CT molecular complexity index is 835. The van der Waals surface area contributed by atoms with E-state index in [1.165, 1.54) is 11.1 Å². The Balaban J connectivity index is 1.85. The van der Waals surface area contributed by atoms with Crippen LogP contribution in [-0.2, 0) is 0 Å². The molecule has 3 rings (SSSR count). The molecule has 0 saturated carbocycles. The predicted molar refractivity (Wildman–Crippen MR) is 114 cm³/mol. The number of halogens is 1. The maximum atomic E-state index is 6.05. The van der Waals surface area contributed by atoms with E-state index in [-0.39, 0.29) is 0 Å². The minimum atomic E-state index is 0.433. The van der Waals surface area contributed by atoms with Crippen molar-refractivity contribution in [1.82, 2.24) is 4.90 Å². The highest BCUT2D eigenvalue weighted by atomic mass is 35.5. The van der Waals surface area contributed by atoms with Crippen molar-refractivity contribution in [3.63, 3.8) is 0 Å². The lowest BCUT2D eigenvalue weighted by atomic mass is 10.1. The van der Waals surface area contributed by atoms with Crippen LogP contribution in [0.5, 0.6) is 0 Å². The van der Waals surface area contributed by atoms with Gasteiger partial charge in [0.15, 0.2) is 10.3 Å². The van der Waals surface area contributed by atoms with Gasteiger partial charge >= 0.3 is 0 Å². The molecule has 1 fully saturated rings. The largest absolute Gasteiger partial charge is 0.332 e. The molecule has 0 aromatic heterocycles. The molecule has 6 heteroatoms. The van der Waals surface area contributed by atoms with Crippen molar-refractivity contribution in [3.8, 4) is 0 Å². The number of anilines is 1. The second-order valence-electron chi connectivity index (χ2n) is 6.09. The number of benzene rings is 2. The molecular weight excluding hydrogens is 370 g/mol. The van der Waals surface area contributed by atoms with Crippen LogP contribution in [0.25, 0.3) is 0 Å². The quantitative estimate of drug-likeness (QED) is 0.659. The van der Waals surface area contributed by atoms with Crippen molar-refractivity contribution in [1.29, 1.82) is 0 Å². The normalized spacial score (nSPS) is 18.6. The van der Waals surface area contributed by atoms with Crippen LogP contribution in [0.15, 0.2) is 47.5 Å². The fraction of sp³-hybridized carbons (Fsp3) is 0.263. The lowest BCUT2D eigenvalue weighted by molar-refractivity contribution is 0.641. The Morgan fingerprint density at radius 3 is 2.80 bits per heavy atom. The van der Waals surface area contributed by atoms with Gasteiger partial charge in [0.2, 0.25) is 0 Å². The summed E-state index contributed by atoms with van der Waals surface area (Å²) in [7, 11) is 0. The van der Waals surface area contributed by atoms with Crippen LogP contribution in [0.1, 0.15) is 18.1 Å². The lowest BCUT2D eigenvalue weighted by Crippen LogP contribution is -2.36. The highest BCUT2D eigenvalue weighted by Crippen LogP contribution is 2.31. The van der Waals surface area contributed by atoms with E-state index >= 15 is 0 Å². The second kappa shape index (κ2) is 7.77. The second-order valence-corrected chi connectivity index (χ2v) is 8.32. The zero-order valence-electron chi connectivity index (χ0n) is 14.4. The molecule has 1 aliphatic heterocycles. The van der Waals surface area contributed by atoms with Gasteiger partial charge in [0, 0.05) is 22.5 Å². The lowest BCUT2D eigenvalue weighted by Gasteiger charge is -2.20. The highest BCUT2D eigenvalue weighted by molar-refractivity contribution is 8.14. The van der Waals surface area contributed by atoms with Gasteiger partial charge in [-0.3, -0.25) is 4.90 Å². The van der Waals surface area contributed by atoms with Crippen LogP contribution in [0, 0.1) is 13.8 Å². The Hall–Kier alpha value is -1.56. The van der Waals surface area contributed by atoms with Gasteiger partial charge in [-0.25, -0.2) is 4.99 Å². The molecular formula is C19H20ClN3S2. The number of nitrogens with zero attached hydrogens (tertiary/aromatic N) is 2. The molecule has 2 aromatic rings. The average molecular weight is 390 g/mol. The Kier molecular flexibility index (Phi) is 5.67. The van der Waals surface area contributed by atoms with Crippen molar-refractivity contribution in [2.75, 3.05) is 11.9 Å². The molecule has 25 heavy (non-hydrogen) atoms. The number of thioether (sulfide) groups is 1. The molecule has 1 saturated heterocycles. The zero-order valence-corrected chi connectivity index (χ0v) is 16.8. The Morgan fingerprint density at radius 1 is 1.28 bits per heavy atom. The number of aryl methyl sites for hydroxylation is 1. The predicted octanol–water partition coefficient (Wildman–Crippen LogP) is 5.78. The number of nitrogens with one attached hydrogen (secondary N) is 1. The molecule has 1 N–H and O–H groups in total. The van der Waals surface area contributed by atoms with Gasteiger partial charge in [-0.2, -0.15) is 0 Å². The maximum absolute atomic E-state index is 6.05. The summed E-state index contributed by atoms with van der Waals surface area (Å²) in [5, 5.41) is 5.95. The minimum Gasteiger partial charge on any atom is -0.332 e. The van der Waals surface area contributed by atoms with Crippen LogP contribution < -0.4 is 5.32 Å². The zero-order chi connectivity index (χ0) is 18.0. The molecule has 0 bridgehead atoms. The number of hydrogen-bond acceptors (Lipinski definition) is 3. The molecule has 2 aromatic carbocycles. The van der Waals surface area contributed by atoms with Gasteiger partial charge in [-0.05, 0) is 61.5 Å². The number of thiocarbonyl (C=S) groups is 1. The first-order chi connectivity index (χ1) is 11.9. The summed E-state index contributed by atoms with van der Waals surface area (Å²) in [6, 6.07) is 13.7. The van der Waals surface area contributed by atoms with Crippen molar-refractivity contribution in [3.05, 3.63) is 58.6 Å². The van der Waals surface area contributed by atoms with E-state index in [2.05, 4.69) is 37.1 Å². The van der Waals surface area contributed by atoms with E-state index in [4.69, 9.17) is 28.8 Å². The van der Waals surface area contributed by atoms with E-state index in [0.29, 0.717) is 15.4 Å². The number of hydrogen-bond donors (Lipinski definition) is 1. The standard InChI is InChI=1S/C19H20ClN3S2/c1-12-6-4-9-17(14(12)3)22-19-23(11-13(2)25-19)18(24)21-16-8-5-7-15(20)10-16/h4-10,13H,11H2,1-3H3,(H,21,24). The van der Waals surface area contributed by atoms with Gasteiger partial charge < -0.3 is 5.32 Å². The number of amidine groups is 1. The molecule has 3 nitrogen and oxygen atoms in total. The third-order valence-corrected chi connectivity index (χ3v) is 5.72. The van der Waals surface area contributed by atoms with Crippen molar-refractivity contribution < 1.29 is 0 Å². The van der Waals surface area contributed by atoms with Crippen LogP contribution in [0.3, 0.4) is 0 Å². The van der Waals surface area contributed by atoms with E-state index in [1.807, 2.05) is 36.4 Å². The highest BCUT2D eigenvalue weighted by Gasteiger charge is 2.29. The molecule has 0 radical (unpaired) electrons. The SMILES string of the molecule is Cc1cccc(N=C2SC(C)CN2C(=S)Nc2cccc(Cl)c2)c1C. The Morgan fingerprint density at radius 2 is 2.04 bits per heavy atom. The van der Waals surface area contributed by atoms with Crippen LogP contribution >= 0.6 is 35.6 Å².